The number of rotatable bonds is 3. The van der Waals surface area contributed by atoms with E-state index in [2.05, 4.69) is 66.6 Å². The molecule has 0 saturated carbocycles. The fourth-order valence-corrected chi connectivity index (χ4v) is 4.56. The first-order chi connectivity index (χ1) is 12.8. The molecule has 0 bridgehead atoms. The fraction of sp³-hybridized carbons (Fsp3) is 0.200. The minimum atomic E-state index is 0.844. The molecule has 130 valence electrons. The van der Waals surface area contributed by atoms with Crippen molar-refractivity contribution in [2.45, 2.75) is 19.5 Å². The number of hydrogen-bond acceptors (Lipinski definition) is 4. The van der Waals surface area contributed by atoms with E-state index < -0.39 is 0 Å². The van der Waals surface area contributed by atoms with Gasteiger partial charge in [-0.05, 0) is 47.2 Å². The molecule has 5 rings (SSSR count). The quantitative estimate of drug-likeness (QED) is 0.502. The number of aromatic amines is 1. The maximum absolute atomic E-state index is 4.85. The molecule has 0 atom stereocenters. The fourth-order valence-electron chi connectivity index (χ4n) is 3.54. The molecular formula is C20H17BrN4S. The maximum Gasteiger partial charge on any atom is 0.169 e. The Bertz CT molecular complexity index is 1070. The average molecular weight is 425 g/mol. The van der Waals surface area contributed by atoms with Crippen LogP contribution in [-0.4, -0.2) is 26.4 Å². The van der Waals surface area contributed by atoms with Crippen LogP contribution in [0, 0.1) is 0 Å². The number of fused-ring (bicyclic) bond motifs is 2. The van der Waals surface area contributed by atoms with Gasteiger partial charge < -0.3 is 4.98 Å². The van der Waals surface area contributed by atoms with E-state index in [4.69, 9.17) is 4.98 Å². The number of nitrogens with zero attached hydrogens (tertiary/aromatic N) is 3. The standard InChI is InChI=1S/C20H17BrN4S/c21-15-3-4-17-16(8-15)14(10-22-17)11-25-6-5-13-9-23-20(24-18(13)12-25)19-2-1-7-26-19/h1-4,7-10,22H,5-6,11-12H2. The monoisotopic (exact) mass is 424 g/mol. The number of thiophene rings is 1. The lowest BCUT2D eigenvalue weighted by Gasteiger charge is -2.27. The summed E-state index contributed by atoms with van der Waals surface area (Å²) in [5.74, 6) is 0.844. The van der Waals surface area contributed by atoms with E-state index in [-0.39, 0.29) is 0 Å². The topological polar surface area (TPSA) is 44.8 Å². The average Bonchev–Trinajstić information content (AvgIpc) is 3.32. The smallest absolute Gasteiger partial charge is 0.169 e. The number of H-pyrrole nitrogens is 1. The largest absolute Gasteiger partial charge is 0.361 e. The lowest BCUT2D eigenvalue weighted by atomic mass is 10.1. The normalized spacial score (nSPS) is 14.7. The second kappa shape index (κ2) is 6.61. The molecular weight excluding hydrogens is 408 g/mol. The summed E-state index contributed by atoms with van der Waals surface area (Å²) in [6.45, 7) is 2.83. The van der Waals surface area contributed by atoms with Crippen LogP contribution in [0.1, 0.15) is 16.8 Å². The second-order valence-corrected chi connectivity index (χ2v) is 8.47. The molecule has 1 N–H and O–H groups in total. The van der Waals surface area contributed by atoms with Crippen LogP contribution < -0.4 is 0 Å². The van der Waals surface area contributed by atoms with Crippen LogP contribution in [0.5, 0.6) is 0 Å². The molecule has 1 aliphatic heterocycles. The zero-order chi connectivity index (χ0) is 17.5. The SMILES string of the molecule is Brc1ccc2[nH]cc(CN3CCc4cnc(-c5cccs5)nc4C3)c2c1. The number of aromatic nitrogens is 3. The summed E-state index contributed by atoms with van der Waals surface area (Å²) in [7, 11) is 0. The lowest BCUT2D eigenvalue weighted by molar-refractivity contribution is 0.242. The van der Waals surface area contributed by atoms with Crippen molar-refractivity contribution in [2.75, 3.05) is 6.54 Å². The first-order valence-corrected chi connectivity index (χ1v) is 10.3. The first kappa shape index (κ1) is 16.2. The van der Waals surface area contributed by atoms with E-state index in [0.29, 0.717) is 0 Å². The summed E-state index contributed by atoms with van der Waals surface area (Å²) >= 11 is 5.27. The van der Waals surface area contributed by atoms with Crippen molar-refractivity contribution in [1.29, 1.82) is 0 Å². The summed E-state index contributed by atoms with van der Waals surface area (Å²) in [5.41, 5.74) is 4.96. The Labute approximate surface area is 164 Å². The highest BCUT2D eigenvalue weighted by atomic mass is 79.9. The van der Waals surface area contributed by atoms with Gasteiger partial charge in [0, 0.05) is 47.4 Å². The van der Waals surface area contributed by atoms with E-state index in [9.17, 15) is 0 Å². The van der Waals surface area contributed by atoms with E-state index in [1.807, 2.05) is 12.3 Å². The predicted molar refractivity (Wildman–Crippen MR) is 109 cm³/mol. The highest BCUT2D eigenvalue weighted by molar-refractivity contribution is 9.10. The molecule has 0 radical (unpaired) electrons. The third-order valence-corrected chi connectivity index (χ3v) is 6.25. The molecule has 1 aliphatic rings. The van der Waals surface area contributed by atoms with Crippen molar-refractivity contribution in [3.05, 3.63) is 69.4 Å². The van der Waals surface area contributed by atoms with Gasteiger partial charge in [0.05, 0.1) is 10.6 Å². The Balaban J connectivity index is 1.41. The summed E-state index contributed by atoms with van der Waals surface area (Å²) < 4.78 is 1.11. The van der Waals surface area contributed by atoms with Crippen molar-refractivity contribution in [1.82, 2.24) is 19.9 Å². The molecule has 26 heavy (non-hydrogen) atoms. The van der Waals surface area contributed by atoms with Gasteiger partial charge in [0.25, 0.3) is 0 Å². The van der Waals surface area contributed by atoms with Crippen LogP contribution in [0.15, 0.2) is 52.6 Å². The van der Waals surface area contributed by atoms with Gasteiger partial charge in [-0.15, -0.1) is 11.3 Å². The zero-order valence-corrected chi connectivity index (χ0v) is 16.5. The van der Waals surface area contributed by atoms with Crippen LogP contribution in [0.4, 0.5) is 0 Å². The Morgan fingerprint density at radius 3 is 3.12 bits per heavy atom. The number of halogens is 1. The first-order valence-electron chi connectivity index (χ1n) is 8.63. The van der Waals surface area contributed by atoms with E-state index in [1.165, 1.54) is 22.0 Å². The minimum Gasteiger partial charge on any atom is -0.361 e. The van der Waals surface area contributed by atoms with Crippen LogP contribution in [0.25, 0.3) is 21.6 Å². The Morgan fingerprint density at radius 2 is 2.23 bits per heavy atom. The molecule has 3 aromatic heterocycles. The van der Waals surface area contributed by atoms with Gasteiger partial charge in [-0.1, -0.05) is 22.0 Å². The van der Waals surface area contributed by atoms with Crippen molar-refractivity contribution in [3.8, 4) is 10.7 Å². The van der Waals surface area contributed by atoms with E-state index in [0.717, 1.165) is 46.9 Å². The molecule has 6 heteroatoms. The summed E-state index contributed by atoms with van der Waals surface area (Å²) in [5, 5.41) is 3.35. The van der Waals surface area contributed by atoms with Gasteiger partial charge in [0.1, 0.15) is 0 Å². The molecule has 0 fully saturated rings. The van der Waals surface area contributed by atoms with Crippen molar-refractivity contribution >= 4 is 38.2 Å². The van der Waals surface area contributed by atoms with Crippen molar-refractivity contribution in [2.24, 2.45) is 0 Å². The summed E-state index contributed by atoms with van der Waals surface area (Å²) in [4.78, 5) is 16.4. The van der Waals surface area contributed by atoms with Gasteiger partial charge >= 0.3 is 0 Å². The zero-order valence-electron chi connectivity index (χ0n) is 14.1. The Kier molecular flexibility index (Phi) is 4.11. The van der Waals surface area contributed by atoms with Crippen LogP contribution in [0.3, 0.4) is 0 Å². The van der Waals surface area contributed by atoms with E-state index >= 15 is 0 Å². The lowest BCUT2D eigenvalue weighted by Crippen LogP contribution is -2.31. The van der Waals surface area contributed by atoms with Crippen LogP contribution in [-0.2, 0) is 19.5 Å². The van der Waals surface area contributed by atoms with Crippen LogP contribution >= 0.6 is 27.3 Å². The van der Waals surface area contributed by atoms with Gasteiger partial charge in [0.2, 0.25) is 0 Å². The molecule has 0 amide bonds. The van der Waals surface area contributed by atoms with E-state index in [1.54, 1.807) is 11.3 Å². The highest BCUT2D eigenvalue weighted by Gasteiger charge is 2.20. The number of benzene rings is 1. The summed E-state index contributed by atoms with van der Waals surface area (Å²) in [6, 6.07) is 10.5. The van der Waals surface area contributed by atoms with Gasteiger partial charge in [-0.25, -0.2) is 9.97 Å². The molecule has 0 unspecified atom stereocenters. The van der Waals surface area contributed by atoms with Gasteiger partial charge in [-0.3, -0.25) is 4.90 Å². The predicted octanol–water partition coefficient (Wildman–Crippen LogP) is 5.01. The minimum absolute atomic E-state index is 0.844. The molecule has 4 heterocycles. The molecule has 0 spiro atoms. The maximum atomic E-state index is 4.85. The third kappa shape index (κ3) is 2.98. The second-order valence-electron chi connectivity index (χ2n) is 6.61. The van der Waals surface area contributed by atoms with Gasteiger partial charge in [-0.2, -0.15) is 0 Å². The Hall–Kier alpha value is -2.02. The molecule has 0 aliphatic carbocycles. The van der Waals surface area contributed by atoms with Crippen LogP contribution in [0.2, 0.25) is 0 Å². The van der Waals surface area contributed by atoms with Gasteiger partial charge in [0.15, 0.2) is 5.82 Å². The number of hydrogen-bond donors (Lipinski definition) is 1. The van der Waals surface area contributed by atoms with Crippen molar-refractivity contribution < 1.29 is 0 Å². The Morgan fingerprint density at radius 1 is 1.27 bits per heavy atom. The molecule has 4 nitrogen and oxygen atoms in total. The number of nitrogens with one attached hydrogen (secondary N) is 1. The summed E-state index contributed by atoms with van der Waals surface area (Å²) in [6.07, 6.45) is 5.15. The highest BCUT2D eigenvalue weighted by Crippen LogP contribution is 2.27. The molecule has 4 aromatic rings. The third-order valence-electron chi connectivity index (χ3n) is 4.89. The molecule has 0 saturated heterocycles. The van der Waals surface area contributed by atoms with Crippen molar-refractivity contribution in [3.63, 3.8) is 0 Å². The molecule has 1 aromatic carbocycles.